The van der Waals surface area contributed by atoms with Crippen LogP contribution in [0.3, 0.4) is 0 Å². The highest BCUT2D eigenvalue weighted by Crippen LogP contribution is 2.16. The van der Waals surface area contributed by atoms with Gasteiger partial charge in [-0.2, -0.15) is 0 Å². The maximum atomic E-state index is 12.4. The van der Waals surface area contributed by atoms with Gasteiger partial charge in [-0.05, 0) is 6.92 Å². The first-order chi connectivity index (χ1) is 9.11. The fourth-order valence-electron chi connectivity index (χ4n) is 1.87. The van der Waals surface area contributed by atoms with Crippen molar-refractivity contribution in [2.45, 2.75) is 13.0 Å². The van der Waals surface area contributed by atoms with Gasteiger partial charge in [0, 0.05) is 16.7 Å². The molecule has 0 heterocycles. The first-order valence-corrected chi connectivity index (χ1v) is 6.02. The fourth-order valence-corrected chi connectivity index (χ4v) is 1.87. The van der Waals surface area contributed by atoms with Crippen LogP contribution < -0.4 is 0 Å². The second-order valence-corrected chi connectivity index (χ2v) is 4.28. The van der Waals surface area contributed by atoms with E-state index in [1.54, 1.807) is 48.5 Å². The molecule has 0 bridgehead atoms. The van der Waals surface area contributed by atoms with Crippen molar-refractivity contribution in [2.24, 2.45) is 0 Å². The zero-order chi connectivity index (χ0) is 13.8. The third-order valence-electron chi connectivity index (χ3n) is 2.85. The standard InChI is InChI=1S/C16H14O3/c1-11(17)15(18)13-9-5-6-10-14(13)16(19)12-7-3-2-4-8-12/h2-11,17H,1H3. The summed E-state index contributed by atoms with van der Waals surface area (Å²) in [6.45, 7) is 1.39. The summed E-state index contributed by atoms with van der Waals surface area (Å²) in [5.74, 6) is -0.662. The Morgan fingerprint density at radius 2 is 1.42 bits per heavy atom. The van der Waals surface area contributed by atoms with Crippen molar-refractivity contribution in [1.29, 1.82) is 0 Å². The summed E-state index contributed by atoms with van der Waals surface area (Å²) in [6, 6.07) is 15.3. The molecule has 3 heteroatoms. The van der Waals surface area contributed by atoms with Crippen molar-refractivity contribution in [3.63, 3.8) is 0 Å². The number of benzene rings is 2. The highest BCUT2D eigenvalue weighted by atomic mass is 16.3. The molecule has 0 aromatic heterocycles. The molecule has 1 N–H and O–H groups in total. The molecule has 0 saturated carbocycles. The maximum absolute atomic E-state index is 12.4. The van der Waals surface area contributed by atoms with Gasteiger partial charge in [0.1, 0.15) is 6.10 Å². The van der Waals surface area contributed by atoms with E-state index in [0.29, 0.717) is 11.1 Å². The van der Waals surface area contributed by atoms with Gasteiger partial charge in [0.05, 0.1) is 0 Å². The summed E-state index contributed by atoms with van der Waals surface area (Å²) in [4.78, 5) is 24.3. The maximum Gasteiger partial charge on any atom is 0.193 e. The minimum absolute atomic E-state index is 0.217. The van der Waals surface area contributed by atoms with Gasteiger partial charge in [-0.15, -0.1) is 0 Å². The van der Waals surface area contributed by atoms with Crippen molar-refractivity contribution in [3.05, 3.63) is 71.3 Å². The molecule has 1 atom stereocenters. The molecule has 2 aromatic rings. The highest BCUT2D eigenvalue weighted by molar-refractivity contribution is 6.16. The van der Waals surface area contributed by atoms with Crippen LogP contribution in [-0.4, -0.2) is 22.8 Å². The van der Waals surface area contributed by atoms with Gasteiger partial charge in [0.15, 0.2) is 11.6 Å². The normalized spacial score (nSPS) is 11.9. The van der Waals surface area contributed by atoms with E-state index in [4.69, 9.17) is 0 Å². The van der Waals surface area contributed by atoms with Crippen molar-refractivity contribution in [1.82, 2.24) is 0 Å². The minimum Gasteiger partial charge on any atom is -0.385 e. The lowest BCUT2D eigenvalue weighted by atomic mass is 9.94. The largest absolute Gasteiger partial charge is 0.385 e. The number of carbonyl (C=O) groups is 2. The van der Waals surface area contributed by atoms with Crippen LogP contribution >= 0.6 is 0 Å². The predicted molar refractivity (Wildman–Crippen MR) is 72.3 cm³/mol. The molecule has 0 radical (unpaired) electrons. The van der Waals surface area contributed by atoms with Gasteiger partial charge in [-0.3, -0.25) is 9.59 Å². The quantitative estimate of drug-likeness (QED) is 0.853. The van der Waals surface area contributed by atoms with E-state index in [0.717, 1.165) is 0 Å². The number of Topliss-reactive ketones (excluding diaryl/α,β-unsaturated/α-hetero) is 1. The van der Waals surface area contributed by atoms with Gasteiger partial charge >= 0.3 is 0 Å². The number of hydrogen-bond donors (Lipinski definition) is 1. The Morgan fingerprint density at radius 1 is 0.895 bits per heavy atom. The molecule has 0 aliphatic rings. The van der Waals surface area contributed by atoms with Crippen LogP contribution in [0.1, 0.15) is 33.2 Å². The number of carbonyl (C=O) groups excluding carboxylic acids is 2. The van der Waals surface area contributed by atoms with Crippen molar-refractivity contribution in [3.8, 4) is 0 Å². The van der Waals surface area contributed by atoms with Crippen LogP contribution in [-0.2, 0) is 0 Å². The summed E-state index contributed by atoms with van der Waals surface area (Å²) in [5.41, 5.74) is 1.10. The molecule has 0 aliphatic carbocycles. The number of aliphatic hydroxyl groups is 1. The molecule has 0 aliphatic heterocycles. The second-order valence-electron chi connectivity index (χ2n) is 4.28. The zero-order valence-electron chi connectivity index (χ0n) is 10.5. The second kappa shape index (κ2) is 5.59. The number of hydrogen-bond acceptors (Lipinski definition) is 3. The Hall–Kier alpha value is -2.26. The Morgan fingerprint density at radius 3 is 2.00 bits per heavy atom. The summed E-state index contributed by atoms with van der Waals surface area (Å²) in [5, 5.41) is 9.39. The lowest BCUT2D eigenvalue weighted by Crippen LogP contribution is -2.19. The first kappa shape index (κ1) is 13.2. The lowest BCUT2D eigenvalue weighted by Gasteiger charge is -2.09. The molecule has 0 saturated heterocycles. The summed E-state index contributed by atoms with van der Waals surface area (Å²) in [6.07, 6.45) is -1.12. The average Bonchev–Trinajstić information content (AvgIpc) is 2.46. The lowest BCUT2D eigenvalue weighted by molar-refractivity contribution is 0.0775. The molecule has 2 aromatic carbocycles. The Kier molecular flexibility index (Phi) is 3.88. The van der Waals surface area contributed by atoms with Crippen molar-refractivity contribution in [2.75, 3.05) is 0 Å². The molecule has 19 heavy (non-hydrogen) atoms. The number of ketones is 2. The molecule has 2 rings (SSSR count). The molecule has 96 valence electrons. The van der Waals surface area contributed by atoms with Gasteiger partial charge in [-0.25, -0.2) is 0 Å². The van der Waals surface area contributed by atoms with Gasteiger partial charge in [0.25, 0.3) is 0 Å². The van der Waals surface area contributed by atoms with E-state index in [-0.39, 0.29) is 11.3 Å². The van der Waals surface area contributed by atoms with Crippen LogP contribution in [0.4, 0.5) is 0 Å². The van der Waals surface area contributed by atoms with E-state index in [9.17, 15) is 14.7 Å². The number of aliphatic hydroxyl groups excluding tert-OH is 1. The molecule has 0 spiro atoms. The summed E-state index contributed by atoms with van der Waals surface area (Å²) in [7, 11) is 0. The van der Waals surface area contributed by atoms with E-state index in [2.05, 4.69) is 0 Å². The van der Waals surface area contributed by atoms with E-state index >= 15 is 0 Å². The van der Waals surface area contributed by atoms with E-state index in [1.807, 2.05) is 6.07 Å². The monoisotopic (exact) mass is 254 g/mol. The van der Waals surface area contributed by atoms with Gasteiger partial charge in [-0.1, -0.05) is 54.6 Å². The smallest absolute Gasteiger partial charge is 0.193 e. The van der Waals surface area contributed by atoms with Crippen LogP contribution in [0.2, 0.25) is 0 Å². The van der Waals surface area contributed by atoms with Gasteiger partial charge < -0.3 is 5.11 Å². The fraction of sp³-hybridized carbons (Fsp3) is 0.125. The Bertz CT molecular complexity index is 600. The molecule has 0 fully saturated rings. The van der Waals surface area contributed by atoms with Gasteiger partial charge in [0.2, 0.25) is 0 Å². The summed E-state index contributed by atoms with van der Waals surface area (Å²) < 4.78 is 0. The molecular weight excluding hydrogens is 240 g/mol. The summed E-state index contributed by atoms with van der Waals surface area (Å²) >= 11 is 0. The minimum atomic E-state index is -1.12. The molecule has 3 nitrogen and oxygen atoms in total. The van der Waals surface area contributed by atoms with E-state index < -0.39 is 11.9 Å². The van der Waals surface area contributed by atoms with Crippen molar-refractivity contribution < 1.29 is 14.7 Å². The van der Waals surface area contributed by atoms with Crippen molar-refractivity contribution >= 4 is 11.6 Å². The van der Waals surface area contributed by atoms with Crippen LogP contribution in [0.15, 0.2) is 54.6 Å². The van der Waals surface area contributed by atoms with E-state index in [1.165, 1.54) is 6.92 Å². The van der Waals surface area contributed by atoms with Crippen LogP contribution in [0, 0.1) is 0 Å². The third-order valence-corrected chi connectivity index (χ3v) is 2.85. The number of rotatable bonds is 4. The topological polar surface area (TPSA) is 54.4 Å². The Balaban J connectivity index is 2.46. The molecular formula is C16H14O3. The third kappa shape index (κ3) is 2.77. The molecule has 0 amide bonds. The van der Waals surface area contributed by atoms with Crippen LogP contribution in [0.5, 0.6) is 0 Å². The molecule has 1 unspecified atom stereocenters. The first-order valence-electron chi connectivity index (χ1n) is 6.02. The van der Waals surface area contributed by atoms with Crippen LogP contribution in [0.25, 0.3) is 0 Å². The predicted octanol–water partition coefficient (Wildman–Crippen LogP) is 2.48. The SMILES string of the molecule is CC(O)C(=O)c1ccccc1C(=O)c1ccccc1. The Labute approximate surface area is 111 Å². The highest BCUT2D eigenvalue weighted by Gasteiger charge is 2.20. The average molecular weight is 254 g/mol. The zero-order valence-corrected chi connectivity index (χ0v) is 10.5.